The number of benzene rings is 1. The lowest BCUT2D eigenvalue weighted by Gasteiger charge is -2.35. The number of rotatable bonds is 6. The van der Waals surface area contributed by atoms with Crippen LogP contribution in [0.3, 0.4) is 0 Å². The van der Waals surface area contributed by atoms with E-state index in [2.05, 4.69) is 12.0 Å². The number of hydrogen-bond acceptors (Lipinski definition) is 5. The van der Waals surface area contributed by atoms with E-state index in [4.69, 9.17) is 14.6 Å². The van der Waals surface area contributed by atoms with Crippen molar-refractivity contribution in [2.24, 2.45) is 0 Å². The quantitative estimate of drug-likeness (QED) is 0.841. The van der Waals surface area contributed by atoms with Crippen LogP contribution < -0.4 is 9.64 Å². The molecule has 146 valence electrons. The number of aliphatic hydroxyl groups excluding tert-OH is 1. The van der Waals surface area contributed by atoms with Crippen molar-refractivity contribution in [1.82, 2.24) is 9.78 Å². The fourth-order valence-corrected chi connectivity index (χ4v) is 3.50. The smallest absolute Gasteiger partial charge is 0.414 e. The second-order valence-electron chi connectivity index (χ2n) is 6.73. The largest absolute Gasteiger partial charge is 0.493 e. The Morgan fingerprint density at radius 3 is 2.93 bits per heavy atom. The molecule has 1 aliphatic heterocycles. The molecule has 0 saturated carbocycles. The van der Waals surface area contributed by atoms with Crippen LogP contribution in [-0.2, 0) is 17.7 Å². The summed E-state index contributed by atoms with van der Waals surface area (Å²) < 4.78 is 12.8. The monoisotopic (exact) mass is 373 g/mol. The summed E-state index contributed by atoms with van der Waals surface area (Å²) in [5.74, 6) is 0.804. The lowest BCUT2D eigenvalue weighted by Crippen LogP contribution is -2.42. The zero-order chi connectivity index (χ0) is 19.4. The Labute approximate surface area is 159 Å². The SMILES string of the molecule is CCCOc1c(-c2cnn(CCO)c2)ccc2c1CC[C@H](C)N2C(=O)OC. The van der Waals surface area contributed by atoms with E-state index in [1.807, 2.05) is 25.3 Å². The third-order valence-corrected chi connectivity index (χ3v) is 4.84. The standard InChI is InChI=1S/C20H27N3O4/c1-4-11-27-19-16(15-12-21-22(13-15)9-10-24)7-8-18-17(19)6-5-14(2)23(18)20(25)26-3/h7-8,12-14,24H,4-6,9-11H2,1-3H3/t14-/m0/s1. The van der Waals surface area contributed by atoms with Crippen LogP contribution in [0, 0.1) is 0 Å². The summed E-state index contributed by atoms with van der Waals surface area (Å²) >= 11 is 0. The Balaban J connectivity index is 2.09. The van der Waals surface area contributed by atoms with E-state index in [-0.39, 0.29) is 18.7 Å². The van der Waals surface area contributed by atoms with Gasteiger partial charge in [0.25, 0.3) is 0 Å². The first kappa shape index (κ1) is 19.2. The molecule has 0 aliphatic carbocycles. The van der Waals surface area contributed by atoms with Crippen molar-refractivity contribution in [3.05, 3.63) is 30.1 Å². The molecule has 1 atom stereocenters. The number of anilines is 1. The van der Waals surface area contributed by atoms with Gasteiger partial charge in [-0.3, -0.25) is 9.58 Å². The van der Waals surface area contributed by atoms with E-state index >= 15 is 0 Å². The summed E-state index contributed by atoms with van der Waals surface area (Å²) in [5.41, 5.74) is 3.75. The van der Waals surface area contributed by atoms with Crippen molar-refractivity contribution >= 4 is 11.8 Å². The van der Waals surface area contributed by atoms with Gasteiger partial charge in [0.15, 0.2) is 0 Å². The summed E-state index contributed by atoms with van der Waals surface area (Å²) in [7, 11) is 1.40. The average molecular weight is 373 g/mol. The third kappa shape index (κ3) is 3.78. The second-order valence-corrected chi connectivity index (χ2v) is 6.73. The number of hydrogen-bond donors (Lipinski definition) is 1. The number of aromatic nitrogens is 2. The van der Waals surface area contributed by atoms with Gasteiger partial charge in [0.1, 0.15) is 5.75 Å². The van der Waals surface area contributed by atoms with Gasteiger partial charge in [-0.05, 0) is 38.3 Å². The molecule has 2 aromatic rings. The van der Waals surface area contributed by atoms with E-state index in [1.54, 1.807) is 15.8 Å². The number of ether oxygens (including phenoxy) is 2. The van der Waals surface area contributed by atoms with Gasteiger partial charge in [0.05, 0.1) is 38.8 Å². The van der Waals surface area contributed by atoms with Crippen LogP contribution in [0.25, 0.3) is 11.1 Å². The summed E-state index contributed by atoms with van der Waals surface area (Å²) in [4.78, 5) is 14.0. The number of amides is 1. The molecular formula is C20H27N3O4. The van der Waals surface area contributed by atoms with Gasteiger partial charge in [-0.1, -0.05) is 6.92 Å². The number of methoxy groups -OCH3 is 1. The fourth-order valence-electron chi connectivity index (χ4n) is 3.50. The molecule has 0 bridgehead atoms. The molecule has 27 heavy (non-hydrogen) atoms. The molecule has 0 spiro atoms. The van der Waals surface area contributed by atoms with Gasteiger partial charge in [-0.2, -0.15) is 5.10 Å². The first-order valence-corrected chi connectivity index (χ1v) is 9.40. The Morgan fingerprint density at radius 1 is 1.41 bits per heavy atom. The van der Waals surface area contributed by atoms with Crippen molar-refractivity contribution in [2.45, 2.75) is 45.7 Å². The van der Waals surface area contributed by atoms with Gasteiger partial charge >= 0.3 is 6.09 Å². The Bertz CT molecular complexity index is 803. The number of carbonyl (C=O) groups excluding carboxylic acids is 1. The normalized spacial score (nSPS) is 16.1. The van der Waals surface area contributed by atoms with Crippen molar-refractivity contribution in [3.8, 4) is 16.9 Å². The van der Waals surface area contributed by atoms with Crippen LogP contribution in [-0.4, -0.2) is 47.3 Å². The molecule has 0 unspecified atom stereocenters. The van der Waals surface area contributed by atoms with Crippen LogP contribution in [0.15, 0.2) is 24.5 Å². The van der Waals surface area contributed by atoms with Gasteiger partial charge in [-0.25, -0.2) is 4.79 Å². The highest BCUT2D eigenvalue weighted by atomic mass is 16.5. The summed E-state index contributed by atoms with van der Waals surface area (Å²) in [6.45, 7) is 5.18. The van der Waals surface area contributed by atoms with Crippen molar-refractivity contribution in [1.29, 1.82) is 0 Å². The van der Waals surface area contributed by atoms with E-state index in [0.29, 0.717) is 13.2 Å². The molecule has 7 heteroatoms. The minimum atomic E-state index is -0.353. The van der Waals surface area contributed by atoms with Gasteiger partial charge in [-0.15, -0.1) is 0 Å². The maximum absolute atomic E-state index is 12.3. The van der Waals surface area contributed by atoms with Crippen LogP contribution in [0.1, 0.15) is 32.3 Å². The van der Waals surface area contributed by atoms with Crippen LogP contribution in [0.2, 0.25) is 0 Å². The molecule has 0 fully saturated rings. The van der Waals surface area contributed by atoms with E-state index in [9.17, 15) is 4.79 Å². The predicted octanol–water partition coefficient (Wildman–Crippen LogP) is 3.24. The van der Waals surface area contributed by atoms with Crippen LogP contribution in [0.4, 0.5) is 10.5 Å². The maximum atomic E-state index is 12.3. The molecule has 7 nitrogen and oxygen atoms in total. The number of carbonyl (C=O) groups is 1. The van der Waals surface area contributed by atoms with Crippen molar-refractivity contribution < 1.29 is 19.4 Å². The second kappa shape index (κ2) is 8.43. The van der Waals surface area contributed by atoms with Crippen molar-refractivity contribution in [2.75, 3.05) is 25.2 Å². The molecule has 1 aliphatic rings. The summed E-state index contributed by atoms with van der Waals surface area (Å²) in [6, 6.07) is 4.00. The highest BCUT2D eigenvalue weighted by molar-refractivity contribution is 5.92. The molecule has 1 aromatic carbocycles. The molecule has 1 amide bonds. The maximum Gasteiger partial charge on any atom is 0.414 e. The minimum Gasteiger partial charge on any atom is -0.493 e. The minimum absolute atomic E-state index is 0.0382. The predicted molar refractivity (Wildman–Crippen MR) is 103 cm³/mol. The van der Waals surface area contributed by atoms with Crippen LogP contribution >= 0.6 is 0 Å². The average Bonchev–Trinajstić information content (AvgIpc) is 3.14. The number of nitrogens with zero attached hydrogens (tertiary/aromatic N) is 3. The van der Waals surface area contributed by atoms with E-state index in [1.165, 1.54) is 7.11 Å². The lowest BCUT2D eigenvalue weighted by atomic mass is 9.92. The first-order chi connectivity index (χ1) is 13.1. The summed E-state index contributed by atoms with van der Waals surface area (Å²) in [5, 5.41) is 13.4. The summed E-state index contributed by atoms with van der Waals surface area (Å²) in [6.07, 6.45) is 5.90. The number of aliphatic hydroxyl groups is 1. The van der Waals surface area contributed by atoms with Crippen LogP contribution in [0.5, 0.6) is 5.75 Å². The Morgan fingerprint density at radius 2 is 2.22 bits per heavy atom. The first-order valence-electron chi connectivity index (χ1n) is 9.40. The zero-order valence-electron chi connectivity index (χ0n) is 16.1. The van der Waals surface area contributed by atoms with Gasteiger partial charge in [0, 0.05) is 28.9 Å². The lowest BCUT2D eigenvalue weighted by molar-refractivity contribution is 0.175. The molecule has 0 radical (unpaired) electrons. The zero-order valence-corrected chi connectivity index (χ0v) is 16.1. The molecule has 0 saturated heterocycles. The Kier molecular flexibility index (Phi) is 6.01. The molecule has 1 aromatic heterocycles. The van der Waals surface area contributed by atoms with E-state index in [0.717, 1.165) is 47.4 Å². The van der Waals surface area contributed by atoms with Gasteiger partial charge < -0.3 is 14.6 Å². The highest BCUT2D eigenvalue weighted by Crippen LogP contribution is 2.43. The van der Waals surface area contributed by atoms with Gasteiger partial charge in [0.2, 0.25) is 0 Å². The number of fused-ring (bicyclic) bond motifs is 1. The molecule has 2 heterocycles. The molecule has 3 rings (SSSR count). The third-order valence-electron chi connectivity index (χ3n) is 4.84. The highest BCUT2D eigenvalue weighted by Gasteiger charge is 2.32. The Hall–Kier alpha value is -2.54. The van der Waals surface area contributed by atoms with E-state index < -0.39 is 0 Å². The van der Waals surface area contributed by atoms with Crippen molar-refractivity contribution in [3.63, 3.8) is 0 Å². The fraction of sp³-hybridized carbons (Fsp3) is 0.500. The topological polar surface area (TPSA) is 76.8 Å². The molecule has 1 N–H and O–H groups in total. The molecular weight excluding hydrogens is 346 g/mol.